The third-order valence-corrected chi connectivity index (χ3v) is 13.3. The quantitative estimate of drug-likeness (QED) is 0.520. The summed E-state index contributed by atoms with van der Waals surface area (Å²) in [6.45, 7) is 8.31. The Bertz CT molecular complexity index is 861. The highest BCUT2D eigenvalue weighted by molar-refractivity contribution is 8.09. The maximum atomic E-state index is 12.8. The van der Waals surface area contributed by atoms with E-state index in [0.717, 1.165) is 11.6 Å². The molecule has 0 heterocycles. The summed E-state index contributed by atoms with van der Waals surface area (Å²) in [5.74, 6) is 0.432. The zero-order valence-corrected chi connectivity index (χ0v) is 19.5. The first-order chi connectivity index (χ1) is 12.5. The van der Waals surface area contributed by atoms with Gasteiger partial charge in [-0.1, -0.05) is 68.9 Å². The van der Waals surface area contributed by atoms with Gasteiger partial charge in [-0.2, -0.15) is 13.2 Å². The van der Waals surface area contributed by atoms with Crippen molar-refractivity contribution in [1.82, 2.24) is 0 Å². The van der Waals surface area contributed by atoms with E-state index in [2.05, 4.69) is 13.8 Å². The molecular weight excluding hydrogens is 429 g/mol. The van der Waals surface area contributed by atoms with Gasteiger partial charge < -0.3 is 0 Å². The highest BCUT2D eigenvalue weighted by Crippen LogP contribution is 2.32. The predicted octanol–water partition coefficient (Wildman–Crippen LogP) is 4.20. The maximum Gasteiger partial charge on any atom is 0.498 e. The molecule has 1 aromatic rings. The highest BCUT2D eigenvalue weighted by atomic mass is 32.3. The van der Waals surface area contributed by atoms with E-state index in [9.17, 15) is 30.0 Å². The Morgan fingerprint density at radius 1 is 1.04 bits per heavy atom. The zero-order chi connectivity index (χ0) is 22.0. The Morgan fingerprint density at radius 2 is 1.54 bits per heavy atom. The maximum absolute atomic E-state index is 12.8. The molecule has 0 aliphatic rings. The van der Waals surface area contributed by atoms with Crippen LogP contribution in [0.15, 0.2) is 24.3 Å². The molecule has 0 aliphatic heterocycles. The molecule has 0 aromatic heterocycles. The van der Waals surface area contributed by atoms with Crippen LogP contribution in [0.4, 0.5) is 13.2 Å². The van der Waals surface area contributed by atoms with Crippen molar-refractivity contribution < 1.29 is 30.0 Å². The smallest absolute Gasteiger partial charge is 0.228 e. The van der Waals surface area contributed by atoms with Gasteiger partial charge >= 0.3 is 5.51 Å². The summed E-state index contributed by atoms with van der Waals surface area (Å²) >= 11 is 0. The van der Waals surface area contributed by atoms with Crippen LogP contribution in [0, 0.1) is 0 Å². The summed E-state index contributed by atoms with van der Waals surface area (Å²) in [5, 5.41) is 1.11. The Morgan fingerprint density at radius 3 is 1.93 bits per heavy atom. The second-order valence-corrected chi connectivity index (χ2v) is 17.5. The van der Waals surface area contributed by atoms with Gasteiger partial charge in [0.2, 0.25) is 0 Å². The summed E-state index contributed by atoms with van der Waals surface area (Å²) in [6, 6.07) is 8.63. The molecule has 0 fully saturated rings. The molecule has 4 nitrogen and oxygen atoms in total. The largest absolute Gasteiger partial charge is 0.498 e. The van der Waals surface area contributed by atoms with Crippen LogP contribution < -0.4 is 5.19 Å². The van der Waals surface area contributed by atoms with Crippen molar-refractivity contribution in [3.63, 3.8) is 0 Å². The topological polar surface area (TPSA) is 68.3 Å². The van der Waals surface area contributed by atoms with Crippen molar-refractivity contribution in [2.24, 2.45) is 0 Å². The first-order valence-electron chi connectivity index (χ1n) is 9.13. The Kier molecular flexibility index (Phi) is 7.97. The van der Waals surface area contributed by atoms with Crippen LogP contribution in [0.5, 0.6) is 0 Å². The highest BCUT2D eigenvalue weighted by Gasteiger charge is 2.54. The minimum Gasteiger partial charge on any atom is -0.228 e. The van der Waals surface area contributed by atoms with Gasteiger partial charge in [0.1, 0.15) is 0 Å². The fourth-order valence-electron chi connectivity index (χ4n) is 3.10. The SMILES string of the molecule is CCC(C)c1ccc([Si](C)(C)CCCC(S(C)(=O)=O)S(=O)(=O)C(F)(F)F)cc1. The number of hydrogen-bond donors (Lipinski definition) is 0. The van der Waals surface area contributed by atoms with E-state index < -0.39 is 44.3 Å². The van der Waals surface area contributed by atoms with Crippen LogP contribution in [0.25, 0.3) is 0 Å². The van der Waals surface area contributed by atoms with Gasteiger partial charge in [0.25, 0.3) is 9.84 Å². The van der Waals surface area contributed by atoms with E-state index in [1.54, 1.807) is 0 Å². The minimum atomic E-state index is -5.77. The summed E-state index contributed by atoms with van der Waals surface area (Å²) < 4.78 is 82.8. The Balaban J connectivity index is 2.94. The minimum absolute atomic E-state index is 0.0966. The average Bonchev–Trinajstić information content (AvgIpc) is 2.55. The molecule has 0 N–H and O–H groups in total. The molecule has 0 saturated carbocycles. The van der Waals surface area contributed by atoms with Crippen LogP contribution in [-0.4, -0.2) is 41.3 Å². The summed E-state index contributed by atoms with van der Waals surface area (Å²) in [6.07, 6.45) is 1.10. The van der Waals surface area contributed by atoms with E-state index >= 15 is 0 Å². The summed E-state index contributed by atoms with van der Waals surface area (Å²) in [7, 11) is -12.2. The Hall–Kier alpha value is -0.873. The fraction of sp³-hybridized carbons (Fsp3) is 0.667. The molecule has 0 aliphatic carbocycles. The van der Waals surface area contributed by atoms with Crippen molar-refractivity contribution in [2.75, 3.05) is 6.26 Å². The number of sulfone groups is 2. The third-order valence-electron chi connectivity index (χ3n) is 5.26. The molecule has 0 radical (unpaired) electrons. The molecular formula is C18H29F3O4S2Si. The second kappa shape index (κ2) is 8.87. The molecule has 28 heavy (non-hydrogen) atoms. The van der Waals surface area contributed by atoms with Gasteiger partial charge in [-0.3, -0.25) is 0 Å². The average molecular weight is 459 g/mol. The lowest BCUT2D eigenvalue weighted by Crippen LogP contribution is -2.42. The molecule has 10 heteroatoms. The van der Waals surface area contributed by atoms with Gasteiger partial charge in [-0.05, 0) is 24.3 Å². The van der Waals surface area contributed by atoms with E-state index in [1.807, 2.05) is 37.4 Å². The molecule has 2 atom stereocenters. The lowest BCUT2D eigenvalue weighted by Gasteiger charge is -2.25. The lowest BCUT2D eigenvalue weighted by atomic mass is 9.99. The van der Waals surface area contributed by atoms with Crippen LogP contribution >= 0.6 is 0 Å². The number of alkyl halides is 3. The van der Waals surface area contributed by atoms with Crippen LogP contribution in [0.1, 0.15) is 44.6 Å². The summed E-state index contributed by atoms with van der Waals surface area (Å²) in [5.41, 5.74) is -4.37. The Labute approximate surface area is 167 Å². The number of hydrogen-bond acceptors (Lipinski definition) is 4. The van der Waals surface area contributed by atoms with Crippen molar-refractivity contribution in [3.8, 4) is 0 Å². The van der Waals surface area contributed by atoms with Gasteiger partial charge in [0, 0.05) is 6.26 Å². The van der Waals surface area contributed by atoms with Gasteiger partial charge in [-0.15, -0.1) is 0 Å². The normalized spacial score (nSPS) is 16.0. The van der Waals surface area contributed by atoms with Crippen LogP contribution in [0.2, 0.25) is 19.1 Å². The zero-order valence-electron chi connectivity index (χ0n) is 16.9. The lowest BCUT2D eigenvalue weighted by molar-refractivity contribution is -0.0439. The molecule has 2 unspecified atom stereocenters. The fourth-order valence-corrected chi connectivity index (χ4v) is 9.09. The first-order valence-corrected chi connectivity index (χ1v) is 15.8. The van der Waals surface area contributed by atoms with Crippen LogP contribution in [-0.2, 0) is 19.7 Å². The molecule has 0 spiro atoms. The van der Waals surface area contributed by atoms with E-state index in [4.69, 9.17) is 0 Å². The van der Waals surface area contributed by atoms with Gasteiger partial charge in [0.05, 0.1) is 8.07 Å². The van der Waals surface area contributed by atoms with Crippen molar-refractivity contribution in [2.45, 2.75) is 68.3 Å². The number of halogens is 3. The first kappa shape index (κ1) is 25.2. The molecule has 162 valence electrons. The van der Waals surface area contributed by atoms with E-state index in [1.165, 1.54) is 5.56 Å². The van der Waals surface area contributed by atoms with Crippen molar-refractivity contribution in [3.05, 3.63) is 29.8 Å². The predicted molar refractivity (Wildman–Crippen MR) is 110 cm³/mol. The standard InChI is InChI=1S/C18H29F3O4S2Si/c1-6-14(2)15-9-11-16(12-10-15)28(4,5)13-7-8-17(26(3,22)23)27(24,25)18(19,20)21/h9-12,14,17H,6-8,13H2,1-5H3. The van der Waals surface area contributed by atoms with Gasteiger partial charge in [-0.25, -0.2) is 16.8 Å². The monoisotopic (exact) mass is 458 g/mol. The van der Waals surface area contributed by atoms with E-state index in [-0.39, 0.29) is 6.42 Å². The third kappa shape index (κ3) is 6.06. The summed E-state index contributed by atoms with van der Waals surface area (Å²) in [4.78, 5) is 0. The number of rotatable bonds is 9. The molecule has 0 bridgehead atoms. The van der Waals surface area contributed by atoms with Gasteiger partial charge in [0.15, 0.2) is 14.4 Å². The molecule has 1 rings (SSSR count). The molecule has 0 amide bonds. The number of benzene rings is 1. The second-order valence-electron chi connectivity index (χ2n) is 7.96. The van der Waals surface area contributed by atoms with Crippen molar-refractivity contribution in [1.29, 1.82) is 0 Å². The molecule has 1 aromatic carbocycles. The molecule has 0 saturated heterocycles. The van der Waals surface area contributed by atoms with E-state index in [0.29, 0.717) is 18.2 Å². The van der Waals surface area contributed by atoms with Crippen LogP contribution in [0.3, 0.4) is 0 Å². The van der Waals surface area contributed by atoms with Crippen molar-refractivity contribution >= 4 is 32.9 Å².